The molecule has 2 rings (SSSR count). The van der Waals surface area contributed by atoms with Gasteiger partial charge in [0.2, 0.25) is 0 Å². The first-order valence-electron chi connectivity index (χ1n) is 5.08. The highest BCUT2D eigenvalue weighted by Crippen LogP contribution is 2.03. The molecular formula is C13H17O3P. The van der Waals surface area contributed by atoms with Crippen LogP contribution in [-0.2, 0) is 4.57 Å². The minimum absolute atomic E-state index is 0.322. The molecule has 2 aromatic carbocycles. The van der Waals surface area contributed by atoms with Crippen LogP contribution in [0.4, 0.5) is 0 Å². The third-order valence-electron chi connectivity index (χ3n) is 1.51. The van der Waals surface area contributed by atoms with Gasteiger partial charge in [-0.2, -0.15) is 0 Å². The molecule has 4 heteroatoms. The zero-order chi connectivity index (χ0) is 12.9. The predicted octanol–water partition coefficient (Wildman–Crippen LogP) is 3.16. The highest BCUT2D eigenvalue weighted by molar-refractivity contribution is 7.22. The van der Waals surface area contributed by atoms with Crippen molar-refractivity contribution < 1.29 is 14.8 Å². The van der Waals surface area contributed by atoms with Gasteiger partial charge in [0.15, 0.2) is 0 Å². The maximum absolute atomic E-state index is 9.01. The number of para-hydroxylation sites is 2. The molecule has 0 spiro atoms. The quantitative estimate of drug-likeness (QED) is 0.708. The lowest BCUT2D eigenvalue weighted by molar-refractivity contribution is 0.475. The van der Waals surface area contributed by atoms with E-state index in [-0.39, 0.29) is 0 Å². The lowest BCUT2D eigenvalue weighted by atomic mass is 10.3. The molecule has 3 nitrogen and oxygen atoms in total. The number of hydrogen-bond donors (Lipinski definition) is 2. The van der Waals surface area contributed by atoms with Crippen molar-refractivity contribution in [2.45, 2.75) is 0 Å². The molecule has 0 heterocycles. The van der Waals surface area contributed by atoms with Crippen molar-refractivity contribution in [3.05, 3.63) is 60.7 Å². The van der Waals surface area contributed by atoms with Gasteiger partial charge in [-0.3, -0.25) is 0 Å². The van der Waals surface area contributed by atoms with Crippen molar-refractivity contribution in [2.75, 3.05) is 6.66 Å². The molecule has 2 N–H and O–H groups in total. The van der Waals surface area contributed by atoms with Crippen LogP contribution in [0.3, 0.4) is 0 Å². The number of benzene rings is 2. The SMILES string of the molecule is C[PH2]=O.Oc1ccccc1.Oc1ccccc1. The molecule has 0 aliphatic carbocycles. The molecule has 1 unspecified atom stereocenters. The zero-order valence-electron chi connectivity index (χ0n) is 9.65. The van der Waals surface area contributed by atoms with Crippen molar-refractivity contribution in [3.63, 3.8) is 0 Å². The van der Waals surface area contributed by atoms with Crippen LogP contribution in [0.15, 0.2) is 60.7 Å². The van der Waals surface area contributed by atoms with Crippen LogP contribution in [0, 0.1) is 0 Å². The molecule has 0 bridgehead atoms. The van der Waals surface area contributed by atoms with Gasteiger partial charge >= 0.3 is 0 Å². The number of phenolic OH excluding ortho intramolecular Hbond substituents is 2. The monoisotopic (exact) mass is 252 g/mol. The summed E-state index contributed by atoms with van der Waals surface area (Å²) in [7, 11) is -0.500. The Morgan fingerprint density at radius 3 is 1.12 bits per heavy atom. The lowest BCUT2D eigenvalue weighted by Crippen LogP contribution is -1.56. The predicted molar refractivity (Wildman–Crippen MR) is 72.5 cm³/mol. The van der Waals surface area contributed by atoms with E-state index in [0.717, 1.165) is 0 Å². The van der Waals surface area contributed by atoms with Crippen LogP contribution in [0.25, 0.3) is 0 Å². The van der Waals surface area contributed by atoms with Gasteiger partial charge in [-0.15, -0.1) is 0 Å². The van der Waals surface area contributed by atoms with E-state index in [2.05, 4.69) is 0 Å². The standard InChI is InChI=1S/2C6H6O.CH5OP/c2*7-6-4-2-1-3-5-6;1-3-2/h2*1-5,7H;3H2,1H3. The fourth-order valence-corrected chi connectivity index (χ4v) is 0.856. The molecule has 0 aliphatic rings. The van der Waals surface area contributed by atoms with Crippen LogP contribution < -0.4 is 0 Å². The Morgan fingerprint density at radius 2 is 1.00 bits per heavy atom. The molecule has 0 amide bonds. The fourth-order valence-electron chi connectivity index (χ4n) is 0.856. The number of hydrogen-bond acceptors (Lipinski definition) is 3. The number of aromatic hydroxyl groups is 2. The van der Waals surface area contributed by atoms with Crippen molar-refractivity contribution in [1.29, 1.82) is 0 Å². The van der Waals surface area contributed by atoms with Crippen LogP contribution in [0.5, 0.6) is 11.5 Å². The maximum Gasteiger partial charge on any atom is 0.115 e. The van der Waals surface area contributed by atoms with E-state index >= 15 is 0 Å². The van der Waals surface area contributed by atoms with Crippen molar-refractivity contribution >= 4 is 8.46 Å². The first-order valence-corrected chi connectivity index (χ1v) is 6.71. The fraction of sp³-hybridized carbons (Fsp3) is 0.0769. The van der Waals surface area contributed by atoms with Crippen molar-refractivity contribution in [3.8, 4) is 11.5 Å². The van der Waals surface area contributed by atoms with E-state index in [1.807, 2.05) is 12.1 Å². The van der Waals surface area contributed by atoms with E-state index in [4.69, 9.17) is 14.8 Å². The average molecular weight is 252 g/mol. The molecule has 0 saturated heterocycles. The van der Waals surface area contributed by atoms with E-state index in [0.29, 0.717) is 11.5 Å². The summed E-state index contributed by atoms with van der Waals surface area (Å²) in [6, 6.07) is 17.4. The van der Waals surface area contributed by atoms with E-state index < -0.39 is 8.46 Å². The first-order chi connectivity index (χ1) is 8.20. The summed E-state index contributed by atoms with van der Waals surface area (Å²) in [5.41, 5.74) is 0. The Bertz CT molecular complexity index is 352. The highest BCUT2D eigenvalue weighted by atomic mass is 31.1. The number of phenols is 2. The second-order valence-electron chi connectivity index (χ2n) is 2.91. The molecule has 0 fully saturated rings. The normalized spacial score (nSPS) is 8.76. The van der Waals surface area contributed by atoms with Gasteiger partial charge in [-0.25, -0.2) is 0 Å². The molecule has 0 saturated carbocycles. The maximum atomic E-state index is 9.01. The molecule has 92 valence electrons. The summed E-state index contributed by atoms with van der Waals surface area (Å²) >= 11 is 0. The largest absolute Gasteiger partial charge is 0.508 e. The van der Waals surface area contributed by atoms with Crippen LogP contribution in [0.2, 0.25) is 0 Å². The third kappa shape index (κ3) is 10.6. The Kier molecular flexibility index (Phi) is 9.68. The second kappa shape index (κ2) is 10.8. The minimum Gasteiger partial charge on any atom is -0.508 e. The summed E-state index contributed by atoms with van der Waals surface area (Å²) in [6.45, 7) is 1.65. The minimum atomic E-state index is -0.500. The summed E-state index contributed by atoms with van der Waals surface area (Å²) < 4.78 is 9.01. The first kappa shape index (κ1) is 15.3. The Labute approximate surface area is 103 Å². The molecular weight excluding hydrogens is 235 g/mol. The number of rotatable bonds is 0. The van der Waals surface area contributed by atoms with Gasteiger partial charge in [-0.05, 0) is 30.9 Å². The van der Waals surface area contributed by atoms with Crippen molar-refractivity contribution in [1.82, 2.24) is 0 Å². The van der Waals surface area contributed by atoms with E-state index in [1.54, 1.807) is 55.2 Å². The third-order valence-corrected chi connectivity index (χ3v) is 1.51. The molecule has 17 heavy (non-hydrogen) atoms. The molecule has 2 aromatic rings. The zero-order valence-corrected chi connectivity index (χ0v) is 10.8. The Balaban J connectivity index is 0.000000247. The highest BCUT2D eigenvalue weighted by Gasteiger charge is 1.75. The molecule has 0 aliphatic heterocycles. The van der Waals surface area contributed by atoms with Gasteiger partial charge in [0.05, 0.1) is 8.46 Å². The van der Waals surface area contributed by atoms with Gasteiger partial charge in [0.1, 0.15) is 11.5 Å². The summed E-state index contributed by atoms with van der Waals surface area (Å²) in [6.07, 6.45) is 0. The van der Waals surface area contributed by atoms with E-state index in [1.165, 1.54) is 0 Å². The van der Waals surface area contributed by atoms with Crippen LogP contribution >= 0.6 is 8.46 Å². The molecule has 0 radical (unpaired) electrons. The van der Waals surface area contributed by atoms with Gasteiger partial charge in [0.25, 0.3) is 0 Å². The Hall–Kier alpha value is -1.73. The molecule has 0 aromatic heterocycles. The second-order valence-corrected chi connectivity index (χ2v) is 3.38. The molecule has 1 atom stereocenters. The van der Waals surface area contributed by atoms with Gasteiger partial charge < -0.3 is 14.8 Å². The topological polar surface area (TPSA) is 57.5 Å². The average Bonchev–Trinajstić information content (AvgIpc) is 2.33. The Morgan fingerprint density at radius 1 is 0.765 bits per heavy atom. The summed E-state index contributed by atoms with van der Waals surface area (Å²) in [5, 5.41) is 17.3. The van der Waals surface area contributed by atoms with Crippen LogP contribution in [-0.4, -0.2) is 16.9 Å². The van der Waals surface area contributed by atoms with E-state index in [9.17, 15) is 0 Å². The summed E-state index contributed by atoms with van der Waals surface area (Å²) in [4.78, 5) is 0. The van der Waals surface area contributed by atoms with Crippen LogP contribution in [0.1, 0.15) is 0 Å². The smallest absolute Gasteiger partial charge is 0.115 e. The summed E-state index contributed by atoms with van der Waals surface area (Å²) in [5.74, 6) is 0.644. The van der Waals surface area contributed by atoms with Crippen molar-refractivity contribution in [2.24, 2.45) is 0 Å². The van der Waals surface area contributed by atoms with Gasteiger partial charge in [-0.1, -0.05) is 36.4 Å². The lowest BCUT2D eigenvalue weighted by Gasteiger charge is -1.82. The van der Waals surface area contributed by atoms with Gasteiger partial charge in [0, 0.05) is 0 Å².